The summed E-state index contributed by atoms with van der Waals surface area (Å²) in [6.45, 7) is 6.61. The van der Waals surface area contributed by atoms with Crippen LogP contribution in [0.15, 0.2) is 24.3 Å². The van der Waals surface area contributed by atoms with Gasteiger partial charge in [-0.15, -0.1) is 0 Å². The van der Waals surface area contributed by atoms with Crippen LogP contribution in [0.3, 0.4) is 0 Å². The summed E-state index contributed by atoms with van der Waals surface area (Å²) in [5.74, 6) is 0.710. The molecule has 0 saturated carbocycles. The minimum atomic E-state index is -0.0410. The quantitative estimate of drug-likeness (QED) is 0.713. The molecule has 1 N–H and O–H groups in total. The molecule has 4 nitrogen and oxygen atoms in total. The summed E-state index contributed by atoms with van der Waals surface area (Å²) in [6.07, 6.45) is 5.88. The highest BCUT2D eigenvalue weighted by molar-refractivity contribution is 5.77. The van der Waals surface area contributed by atoms with Gasteiger partial charge < -0.3 is 15.0 Å². The van der Waals surface area contributed by atoms with Crippen molar-refractivity contribution in [2.45, 2.75) is 39.0 Å². The first-order valence-electron chi connectivity index (χ1n) is 8.48. The summed E-state index contributed by atoms with van der Waals surface area (Å²) >= 11 is 0. The molecule has 1 aromatic rings. The first-order chi connectivity index (χ1) is 10.8. The van der Waals surface area contributed by atoms with Crippen LogP contribution in [0.5, 0.6) is 5.75 Å². The number of aryl methyl sites for hydroxylation is 1. The number of hydrogen-bond donors (Lipinski definition) is 1. The molecule has 0 unspecified atom stereocenters. The molecule has 0 atom stereocenters. The van der Waals surface area contributed by atoms with Crippen LogP contribution >= 0.6 is 0 Å². The second-order valence-electron chi connectivity index (χ2n) is 5.89. The van der Waals surface area contributed by atoms with Gasteiger partial charge in [-0.05, 0) is 69.4 Å². The predicted molar refractivity (Wildman–Crippen MR) is 89.2 cm³/mol. The summed E-state index contributed by atoms with van der Waals surface area (Å²) in [4.78, 5) is 14.2. The van der Waals surface area contributed by atoms with Gasteiger partial charge in [-0.25, -0.2) is 0 Å². The van der Waals surface area contributed by atoms with E-state index in [-0.39, 0.29) is 12.5 Å². The Kier molecular flexibility index (Phi) is 7.23. The second kappa shape index (κ2) is 9.46. The molecule has 22 heavy (non-hydrogen) atoms. The van der Waals surface area contributed by atoms with Gasteiger partial charge in [-0.2, -0.15) is 0 Å². The van der Waals surface area contributed by atoms with Crippen molar-refractivity contribution in [3.05, 3.63) is 29.8 Å². The molecule has 1 saturated heterocycles. The Morgan fingerprint density at radius 2 is 1.91 bits per heavy atom. The molecule has 1 aliphatic heterocycles. The van der Waals surface area contributed by atoms with E-state index < -0.39 is 0 Å². The predicted octanol–water partition coefficient (Wildman–Crippen LogP) is 2.62. The van der Waals surface area contributed by atoms with Gasteiger partial charge in [-0.3, -0.25) is 4.79 Å². The van der Waals surface area contributed by atoms with Crippen molar-refractivity contribution >= 4 is 5.91 Å². The van der Waals surface area contributed by atoms with Crippen LogP contribution in [0.25, 0.3) is 0 Å². The van der Waals surface area contributed by atoms with Gasteiger partial charge in [0.2, 0.25) is 0 Å². The second-order valence-corrected chi connectivity index (χ2v) is 5.89. The van der Waals surface area contributed by atoms with E-state index >= 15 is 0 Å². The van der Waals surface area contributed by atoms with Gasteiger partial charge in [0.15, 0.2) is 6.61 Å². The third-order valence-electron chi connectivity index (χ3n) is 4.12. The van der Waals surface area contributed by atoms with Crippen LogP contribution < -0.4 is 10.1 Å². The minimum Gasteiger partial charge on any atom is -0.484 e. The molecule has 1 fully saturated rings. The van der Waals surface area contributed by atoms with E-state index in [0.29, 0.717) is 0 Å². The topological polar surface area (TPSA) is 41.6 Å². The van der Waals surface area contributed by atoms with Gasteiger partial charge in [0, 0.05) is 6.54 Å². The molecule has 0 radical (unpaired) electrons. The highest BCUT2D eigenvalue weighted by Gasteiger charge is 2.10. The Labute approximate surface area is 133 Å². The summed E-state index contributed by atoms with van der Waals surface area (Å²) in [5.41, 5.74) is 1.27. The SMILES string of the molecule is CCc1ccc(OCC(=O)NCCCCN2CCCC2)cc1. The maximum absolute atomic E-state index is 11.7. The number of likely N-dealkylation sites (tertiary alicyclic amines) is 1. The molecule has 0 aromatic heterocycles. The number of carbonyl (C=O) groups is 1. The number of ether oxygens (including phenoxy) is 1. The normalized spacial score (nSPS) is 15.0. The van der Waals surface area contributed by atoms with E-state index in [9.17, 15) is 4.79 Å². The first kappa shape index (κ1) is 16.8. The largest absolute Gasteiger partial charge is 0.484 e. The molecule has 4 heteroatoms. The zero-order valence-electron chi connectivity index (χ0n) is 13.6. The lowest BCUT2D eigenvalue weighted by atomic mass is 10.2. The smallest absolute Gasteiger partial charge is 0.257 e. The molecule has 122 valence electrons. The Morgan fingerprint density at radius 1 is 1.18 bits per heavy atom. The number of carbonyl (C=O) groups excluding carboxylic acids is 1. The number of nitrogens with one attached hydrogen (secondary N) is 1. The van der Waals surface area contributed by atoms with Gasteiger partial charge in [0.1, 0.15) is 5.75 Å². The Balaban J connectivity index is 1.51. The summed E-state index contributed by atoms with van der Waals surface area (Å²) in [7, 11) is 0. The Hall–Kier alpha value is -1.55. The van der Waals surface area contributed by atoms with Gasteiger partial charge in [-0.1, -0.05) is 19.1 Å². The van der Waals surface area contributed by atoms with Crippen molar-refractivity contribution in [2.75, 3.05) is 32.8 Å². The number of hydrogen-bond acceptors (Lipinski definition) is 3. The standard InChI is InChI=1S/C18H28N2O2/c1-2-16-7-9-17(10-8-16)22-15-18(21)19-11-3-4-12-20-13-5-6-14-20/h7-10H,2-6,11-15H2,1H3,(H,19,21). The number of benzene rings is 1. The molecule has 1 aromatic carbocycles. The lowest BCUT2D eigenvalue weighted by Gasteiger charge is -2.14. The molecule has 1 aliphatic rings. The third-order valence-corrected chi connectivity index (χ3v) is 4.12. The van der Waals surface area contributed by atoms with E-state index in [2.05, 4.69) is 17.1 Å². The highest BCUT2D eigenvalue weighted by Crippen LogP contribution is 2.12. The number of nitrogens with zero attached hydrogens (tertiary/aromatic N) is 1. The van der Waals surface area contributed by atoms with Crippen molar-refractivity contribution in [2.24, 2.45) is 0 Å². The molecular formula is C18H28N2O2. The van der Waals surface area contributed by atoms with Crippen molar-refractivity contribution in [1.29, 1.82) is 0 Å². The van der Waals surface area contributed by atoms with E-state index in [1.165, 1.54) is 31.5 Å². The minimum absolute atomic E-state index is 0.0410. The maximum Gasteiger partial charge on any atom is 0.257 e. The Bertz CT molecular complexity index is 439. The molecule has 0 spiro atoms. The molecule has 0 aliphatic carbocycles. The number of unbranched alkanes of at least 4 members (excludes halogenated alkanes) is 1. The van der Waals surface area contributed by atoms with Gasteiger partial charge in [0.05, 0.1) is 0 Å². The fourth-order valence-corrected chi connectivity index (χ4v) is 2.72. The monoisotopic (exact) mass is 304 g/mol. The Morgan fingerprint density at radius 3 is 2.59 bits per heavy atom. The van der Waals surface area contributed by atoms with Gasteiger partial charge in [0.25, 0.3) is 5.91 Å². The molecule has 2 rings (SSSR count). The van der Waals surface area contributed by atoms with E-state index in [1.807, 2.05) is 24.3 Å². The van der Waals surface area contributed by atoms with Crippen molar-refractivity contribution in [3.8, 4) is 5.75 Å². The molecule has 1 heterocycles. The fraction of sp³-hybridized carbons (Fsp3) is 0.611. The number of rotatable bonds is 9. The van der Waals surface area contributed by atoms with Gasteiger partial charge >= 0.3 is 0 Å². The molecule has 0 bridgehead atoms. The lowest BCUT2D eigenvalue weighted by molar-refractivity contribution is -0.123. The van der Waals surface area contributed by atoms with Crippen molar-refractivity contribution in [3.63, 3.8) is 0 Å². The van der Waals surface area contributed by atoms with Crippen LogP contribution in [-0.4, -0.2) is 43.6 Å². The first-order valence-corrected chi connectivity index (χ1v) is 8.48. The van der Waals surface area contributed by atoms with E-state index in [4.69, 9.17) is 4.74 Å². The summed E-state index contributed by atoms with van der Waals surface area (Å²) < 4.78 is 5.49. The fourth-order valence-electron chi connectivity index (χ4n) is 2.72. The van der Waals surface area contributed by atoms with E-state index in [0.717, 1.165) is 38.1 Å². The molecular weight excluding hydrogens is 276 g/mol. The summed E-state index contributed by atoms with van der Waals surface area (Å²) in [6, 6.07) is 7.90. The van der Waals surface area contributed by atoms with E-state index in [1.54, 1.807) is 0 Å². The highest BCUT2D eigenvalue weighted by atomic mass is 16.5. The average Bonchev–Trinajstić information content (AvgIpc) is 3.06. The van der Waals surface area contributed by atoms with Crippen LogP contribution in [0.4, 0.5) is 0 Å². The lowest BCUT2D eigenvalue weighted by Crippen LogP contribution is -2.30. The van der Waals surface area contributed by atoms with Crippen LogP contribution in [0.2, 0.25) is 0 Å². The average molecular weight is 304 g/mol. The van der Waals surface area contributed by atoms with Crippen LogP contribution in [0, 0.1) is 0 Å². The zero-order valence-corrected chi connectivity index (χ0v) is 13.6. The third kappa shape index (κ3) is 6.06. The maximum atomic E-state index is 11.7. The van der Waals surface area contributed by atoms with Crippen molar-refractivity contribution in [1.82, 2.24) is 10.2 Å². The zero-order chi connectivity index (χ0) is 15.6. The summed E-state index contributed by atoms with van der Waals surface area (Å²) in [5, 5.41) is 2.92. The number of amides is 1. The van der Waals surface area contributed by atoms with Crippen LogP contribution in [0.1, 0.15) is 38.2 Å². The van der Waals surface area contributed by atoms with Crippen molar-refractivity contribution < 1.29 is 9.53 Å². The van der Waals surface area contributed by atoms with Crippen LogP contribution in [-0.2, 0) is 11.2 Å². The molecule has 1 amide bonds.